The maximum atomic E-state index is 11.5. The zero-order valence-electron chi connectivity index (χ0n) is 11.0. The Kier molecular flexibility index (Phi) is 4.03. The van der Waals surface area contributed by atoms with E-state index >= 15 is 0 Å². The van der Waals surface area contributed by atoms with Crippen molar-refractivity contribution in [3.05, 3.63) is 36.0 Å². The molecule has 0 spiro atoms. The van der Waals surface area contributed by atoms with Crippen LogP contribution in [0.4, 0.5) is 0 Å². The molecule has 0 amide bonds. The van der Waals surface area contributed by atoms with Gasteiger partial charge >= 0.3 is 5.97 Å². The maximum absolute atomic E-state index is 11.5. The third kappa shape index (κ3) is 2.73. The average molecular weight is 245 g/mol. The molecule has 0 aliphatic rings. The average Bonchev–Trinajstić information content (AvgIpc) is 2.73. The molecule has 1 heterocycles. The number of carbonyl (C=O) groups excluding carboxylic acids is 1. The molecular formula is C15H19NO2. The van der Waals surface area contributed by atoms with Gasteiger partial charge in [0.15, 0.2) is 0 Å². The highest BCUT2D eigenvalue weighted by atomic mass is 16.5. The van der Waals surface area contributed by atoms with Gasteiger partial charge in [-0.3, -0.25) is 4.79 Å². The predicted octanol–water partition coefficient (Wildman–Crippen LogP) is 3.16. The lowest BCUT2D eigenvalue weighted by Crippen LogP contribution is -2.12. The molecule has 0 bridgehead atoms. The third-order valence-corrected chi connectivity index (χ3v) is 2.98. The highest BCUT2D eigenvalue weighted by Gasteiger charge is 2.07. The molecule has 3 heteroatoms. The number of esters is 1. The molecule has 0 unspecified atom stereocenters. The van der Waals surface area contributed by atoms with Crippen LogP contribution in [0.2, 0.25) is 0 Å². The minimum absolute atomic E-state index is 0.187. The topological polar surface area (TPSA) is 31.2 Å². The molecule has 96 valence electrons. The Labute approximate surface area is 107 Å². The van der Waals surface area contributed by atoms with Gasteiger partial charge in [0.05, 0.1) is 6.61 Å². The number of benzene rings is 1. The smallest absolute Gasteiger partial charge is 0.325 e. The second-order valence-corrected chi connectivity index (χ2v) is 4.39. The van der Waals surface area contributed by atoms with Crippen molar-refractivity contribution in [3.63, 3.8) is 0 Å². The van der Waals surface area contributed by atoms with Crippen LogP contribution in [0.3, 0.4) is 0 Å². The largest absolute Gasteiger partial charge is 0.465 e. The summed E-state index contributed by atoms with van der Waals surface area (Å²) < 4.78 is 6.90. The Bertz CT molecular complexity index is 542. The van der Waals surface area contributed by atoms with E-state index in [-0.39, 0.29) is 12.5 Å². The van der Waals surface area contributed by atoms with Crippen molar-refractivity contribution in [2.24, 2.45) is 0 Å². The second-order valence-electron chi connectivity index (χ2n) is 4.39. The Hall–Kier alpha value is -1.77. The Morgan fingerprint density at radius 2 is 2.11 bits per heavy atom. The summed E-state index contributed by atoms with van der Waals surface area (Å²) in [7, 11) is 0. The summed E-state index contributed by atoms with van der Waals surface area (Å²) in [6.07, 6.45) is 4.19. The van der Waals surface area contributed by atoms with E-state index in [2.05, 4.69) is 25.1 Å². The lowest BCUT2D eigenvalue weighted by Gasteiger charge is -2.05. The number of hydrogen-bond donors (Lipinski definition) is 0. The number of aromatic nitrogens is 1. The Morgan fingerprint density at radius 1 is 1.28 bits per heavy atom. The lowest BCUT2D eigenvalue weighted by molar-refractivity contribution is -0.143. The number of rotatable bonds is 5. The molecule has 0 N–H and O–H groups in total. The molecule has 2 aromatic rings. The summed E-state index contributed by atoms with van der Waals surface area (Å²) in [5.74, 6) is -0.187. The minimum atomic E-state index is -0.187. The van der Waals surface area contributed by atoms with Gasteiger partial charge in [-0.25, -0.2) is 0 Å². The first-order valence-electron chi connectivity index (χ1n) is 6.48. The second kappa shape index (κ2) is 5.71. The zero-order valence-corrected chi connectivity index (χ0v) is 11.0. The lowest BCUT2D eigenvalue weighted by atomic mass is 10.1. The summed E-state index contributed by atoms with van der Waals surface area (Å²) >= 11 is 0. The van der Waals surface area contributed by atoms with E-state index < -0.39 is 0 Å². The molecule has 18 heavy (non-hydrogen) atoms. The highest BCUT2D eigenvalue weighted by molar-refractivity contribution is 5.82. The molecular weight excluding hydrogens is 226 g/mol. The van der Waals surface area contributed by atoms with Crippen LogP contribution in [0.1, 0.15) is 25.8 Å². The van der Waals surface area contributed by atoms with E-state index in [0.717, 1.165) is 18.4 Å². The van der Waals surface area contributed by atoms with E-state index in [1.165, 1.54) is 10.9 Å². The monoisotopic (exact) mass is 245 g/mol. The van der Waals surface area contributed by atoms with Crippen LogP contribution in [0.25, 0.3) is 10.9 Å². The van der Waals surface area contributed by atoms with Crippen molar-refractivity contribution < 1.29 is 9.53 Å². The number of nitrogens with zero attached hydrogens (tertiary/aromatic N) is 1. The van der Waals surface area contributed by atoms with E-state index in [9.17, 15) is 4.79 Å². The normalized spacial score (nSPS) is 10.8. The fourth-order valence-corrected chi connectivity index (χ4v) is 2.18. The zero-order chi connectivity index (χ0) is 13.0. The molecule has 0 saturated carbocycles. The van der Waals surface area contributed by atoms with Crippen LogP contribution < -0.4 is 0 Å². The third-order valence-electron chi connectivity index (χ3n) is 2.98. The van der Waals surface area contributed by atoms with Gasteiger partial charge in [0.2, 0.25) is 0 Å². The molecule has 1 aromatic heterocycles. The fraction of sp³-hybridized carbons (Fsp3) is 0.400. The first-order valence-corrected chi connectivity index (χ1v) is 6.48. The standard InChI is InChI=1S/C15H19NO2/c1-3-5-12-6-7-14-13(10-12)8-9-16(14)11-15(17)18-4-2/h6-10H,3-5,11H2,1-2H3. The number of carbonyl (C=O) groups is 1. The number of hydrogen-bond acceptors (Lipinski definition) is 2. The van der Waals surface area contributed by atoms with Gasteiger partial charge in [0.1, 0.15) is 6.54 Å². The molecule has 1 aromatic carbocycles. The van der Waals surface area contributed by atoms with Gasteiger partial charge in [-0.2, -0.15) is 0 Å². The fourth-order valence-electron chi connectivity index (χ4n) is 2.18. The Balaban J connectivity index is 2.23. The predicted molar refractivity (Wildman–Crippen MR) is 72.6 cm³/mol. The summed E-state index contributed by atoms with van der Waals surface area (Å²) in [5, 5.41) is 1.19. The van der Waals surface area contributed by atoms with Crippen molar-refractivity contribution in [2.45, 2.75) is 33.2 Å². The first kappa shape index (κ1) is 12.7. The molecule has 2 rings (SSSR count). The number of aryl methyl sites for hydroxylation is 1. The molecule has 3 nitrogen and oxygen atoms in total. The van der Waals surface area contributed by atoms with Gasteiger partial charge in [-0.15, -0.1) is 0 Å². The van der Waals surface area contributed by atoms with E-state index in [1.807, 2.05) is 23.8 Å². The molecule has 0 saturated heterocycles. The van der Waals surface area contributed by atoms with Crippen molar-refractivity contribution in [1.29, 1.82) is 0 Å². The SMILES string of the molecule is CCCc1ccc2c(ccn2CC(=O)OCC)c1. The Morgan fingerprint density at radius 3 is 2.83 bits per heavy atom. The first-order chi connectivity index (χ1) is 8.74. The van der Waals surface area contributed by atoms with Crippen LogP contribution >= 0.6 is 0 Å². The molecule has 0 aliphatic heterocycles. The van der Waals surface area contributed by atoms with E-state index in [0.29, 0.717) is 6.61 Å². The molecule has 0 atom stereocenters. The van der Waals surface area contributed by atoms with Crippen molar-refractivity contribution in [1.82, 2.24) is 4.57 Å². The van der Waals surface area contributed by atoms with Crippen LogP contribution in [-0.4, -0.2) is 17.1 Å². The summed E-state index contributed by atoms with van der Waals surface area (Å²) in [4.78, 5) is 11.5. The van der Waals surface area contributed by atoms with Crippen molar-refractivity contribution in [3.8, 4) is 0 Å². The molecule has 0 fully saturated rings. The van der Waals surface area contributed by atoms with Gasteiger partial charge in [-0.1, -0.05) is 19.4 Å². The van der Waals surface area contributed by atoms with Crippen LogP contribution in [0, 0.1) is 0 Å². The maximum Gasteiger partial charge on any atom is 0.325 e. The summed E-state index contributed by atoms with van der Waals surface area (Å²) in [6.45, 7) is 4.71. The van der Waals surface area contributed by atoms with Gasteiger partial charge < -0.3 is 9.30 Å². The highest BCUT2D eigenvalue weighted by Crippen LogP contribution is 2.18. The van der Waals surface area contributed by atoms with Crippen LogP contribution in [0.15, 0.2) is 30.5 Å². The van der Waals surface area contributed by atoms with Gasteiger partial charge in [-0.05, 0) is 42.5 Å². The summed E-state index contributed by atoms with van der Waals surface area (Å²) in [5.41, 5.74) is 2.43. The van der Waals surface area contributed by atoms with Crippen LogP contribution in [0.5, 0.6) is 0 Å². The van der Waals surface area contributed by atoms with E-state index in [4.69, 9.17) is 4.74 Å². The van der Waals surface area contributed by atoms with Crippen molar-refractivity contribution >= 4 is 16.9 Å². The van der Waals surface area contributed by atoms with Gasteiger partial charge in [0.25, 0.3) is 0 Å². The number of ether oxygens (including phenoxy) is 1. The van der Waals surface area contributed by atoms with E-state index in [1.54, 1.807) is 0 Å². The van der Waals surface area contributed by atoms with Crippen molar-refractivity contribution in [2.75, 3.05) is 6.61 Å². The summed E-state index contributed by atoms with van der Waals surface area (Å²) in [6, 6.07) is 8.46. The molecule has 0 radical (unpaired) electrons. The number of fused-ring (bicyclic) bond motifs is 1. The molecule has 0 aliphatic carbocycles. The van der Waals surface area contributed by atoms with Gasteiger partial charge in [0, 0.05) is 11.7 Å². The quantitative estimate of drug-likeness (QED) is 0.758. The minimum Gasteiger partial charge on any atom is -0.465 e. The van der Waals surface area contributed by atoms with Crippen LogP contribution in [-0.2, 0) is 22.5 Å².